The Bertz CT molecular complexity index is 1440. The smallest absolute Gasteiger partial charge is 0.282 e. The second-order valence-corrected chi connectivity index (χ2v) is 9.86. The molecular weight excluding hydrogens is 519 g/mol. The molecule has 1 aromatic heterocycles. The molecule has 196 valence electrons. The zero-order valence-corrected chi connectivity index (χ0v) is 20.9. The summed E-state index contributed by atoms with van der Waals surface area (Å²) in [4.78, 5) is 29.5. The number of alkyl halides is 2. The number of amides is 1. The number of nitrogens with zero attached hydrogens (tertiary/aromatic N) is 2. The number of fused-ring (bicyclic) bond motifs is 1. The molecule has 0 aliphatic carbocycles. The average Bonchev–Trinajstić information content (AvgIpc) is 3.29. The molecule has 6 nitrogen and oxygen atoms in total. The molecule has 1 saturated heterocycles. The lowest BCUT2D eigenvalue weighted by Crippen LogP contribution is -2.58. The second kappa shape index (κ2) is 10.1. The summed E-state index contributed by atoms with van der Waals surface area (Å²) in [5.74, 6) is -3.61. The number of ether oxygens (including phenoxy) is 1. The molecule has 3 heterocycles. The van der Waals surface area contributed by atoms with Crippen molar-refractivity contribution in [1.82, 2.24) is 9.88 Å². The van der Waals surface area contributed by atoms with Crippen molar-refractivity contribution in [2.24, 2.45) is 0 Å². The van der Waals surface area contributed by atoms with Gasteiger partial charge in [0.05, 0.1) is 23.7 Å². The normalized spacial score (nSPS) is 17.7. The molecule has 2 N–H and O–H groups in total. The summed E-state index contributed by atoms with van der Waals surface area (Å²) in [7, 11) is 0. The van der Waals surface area contributed by atoms with E-state index >= 15 is 0 Å². The standard InChI is InChI=1S/C28H23ClF3N3O3/c29-23-11-18(17-3-7-22(24(30)12-17)27(37)35-14-28(31,32)15-35)9-19-10-21(38-26(19)23)6-5-20(36)4-1-16-2-8-25(33)34-13-16/h1-4,7-9,11-13,21H,5-6,10,14-15H2,(H2,33,34)/b4-1+. The van der Waals surface area contributed by atoms with E-state index in [4.69, 9.17) is 22.1 Å². The molecule has 5 rings (SSSR count). The molecule has 1 atom stereocenters. The van der Waals surface area contributed by atoms with Crippen molar-refractivity contribution in [2.75, 3.05) is 18.8 Å². The van der Waals surface area contributed by atoms with Crippen LogP contribution < -0.4 is 10.5 Å². The summed E-state index contributed by atoms with van der Waals surface area (Å²) in [6.45, 7) is -1.42. The van der Waals surface area contributed by atoms with Crippen LogP contribution in [0.15, 0.2) is 54.7 Å². The van der Waals surface area contributed by atoms with Crippen molar-refractivity contribution >= 4 is 35.2 Å². The van der Waals surface area contributed by atoms with Gasteiger partial charge in [0.2, 0.25) is 0 Å². The fraction of sp³-hybridized carbons (Fsp3) is 0.250. The Labute approximate surface area is 221 Å². The van der Waals surface area contributed by atoms with Gasteiger partial charge in [-0.15, -0.1) is 0 Å². The predicted molar refractivity (Wildman–Crippen MR) is 138 cm³/mol. The number of benzene rings is 2. The third-order valence-electron chi connectivity index (χ3n) is 6.50. The monoisotopic (exact) mass is 541 g/mol. The largest absolute Gasteiger partial charge is 0.488 e. The van der Waals surface area contributed by atoms with E-state index in [9.17, 15) is 22.8 Å². The van der Waals surface area contributed by atoms with Crippen LogP contribution in [0.1, 0.15) is 34.3 Å². The molecule has 2 aliphatic rings. The third-order valence-corrected chi connectivity index (χ3v) is 6.78. The Balaban J connectivity index is 1.22. The number of nitrogens with two attached hydrogens (primary N) is 1. The summed E-state index contributed by atoms with van der Waals surface area (Å²) in [6, 6.07) is 11.0. The van der Waals surface area contributed by atoms with Crippen LogP contribution in [0.3, 0.4) is 0 Å². The number of hydrogen-bond donors (Lipinski definition) is 1. The minimum Gasteiger partial charge on any atom is -0.488 e. The summed E-state index contributed by atoms with van der Waals surface area (Å²) >= 11 is 6.45. The van der Waals surface area contributed by atoms with E-state index in [1.54, 1.807) is 36.5 Å². The number of aromatic nitrogens is 1. The minimum atomic E-state index is -2.92. The Hall–Kier alpha value is -3.85. The Morgan fingerprint density at radius 1 is 1.16 bits per heavy atom. The number of halogens is 4. The number of hydrogen-bond acceptors (Lipinski definition) is 5. The molecular formula is C28H23ClF3N3O3. The van der Waals surface area contributed by atoms with E-state index in [2.05, 4.69) is 4.98 Å². The molecule has 38 heavy (non-hydrogen) atoms. The molecule has 1 amide bonds. The number of rotatable bonds is 7. The van der Waals surface area contributed by atoms with Gasteiger partial charge >= 0.3 is 0 Å². The van der Waals surface area contributed by atoms with Crippen LogP contribution in [0.2, 0.25) is 5.02 Å². The predicted octanol–water partition coefficient (Wildman–Crippen LogP) is 5.58. The molecule has 0 spiro atoms. The van der Waals surface area contributed by atoms with E-state index in [-0.39, 0.29) is 23.9 Å². The first-order chi connectivity index (χ1) is 18.1. The summed E-state index contributed by atoms with van der Waals surface area (Å²) in [5, 5.41) is 0.352. The first-order valence-electron chi connectivity index (χ1n) is 12.0. The van der Waals surface area contributed by atoms with Crippen LogP contribution in [-0.4, -0.2) is 46.7 Å². The van der Waals surface area contributed by atoms with Crippen LogP contribution in [0.25, 0.3) is 17.2 Å². The fourth-order valence-electron chi connectivity index (χ4n) is 4.50. The maximum atomic E-state index is 14.8. The number of pyridine rings is 1. The highest BCUT2D eigenvalue weighted by Gasteiger charge is 2.46. The number of anilines is 1. The van der Waals surface area contributed by atoms with Crippen LogP contribution in [0.5, 0.6) is 5.75 Å². The topological polar surface area (TPSA) is 85.5 Å². The molecule has 0 bridgehead atoms. The summed E-state index contributed by atoms with van der Waals surface area (Å²) in [6.07, 6.45) is 5.83. The third kappa shape index (κ3) is 5.52. The Morgan fingerprint density at radius 2 is 1.95 bits per heavy atom. The minimum absolute atomic E-state index is 0.0553. The molecule has 2 aliphatic heterocycles. The highest BCUT2D eigenvalue weighted by molar-refractivity contribution is 6.32. The van der Waals surface area contributed by atoms with Crippen molar-refractivity contribution in [1.29, 1.82) is 0 Å². The second-order valence-electron chi connectivity index (χ2n) is 9.46. The molecule has 0 saturated carbocycles. The highest BCUT2D eigenvalue weighted by Crippen LogP contribution is 2.41. The van der Waals surface area contributed by atoms with Gasteiger partial charge in [-0.05, 0) is 77.2 Å². The maximum absolute atomic E-state index is 14.8. The number of carbonyl (C=O) groups is 2. The first kappa shape index (κ1) is 25.8. The van der Waals surface area contributed by atoms with Gasteiger partial charge in [-0.3, -0.25) is 9.59 Å². The number of carbonyl (C=O) groups excluding carboxylic acids is 2. The van der Waals surface area contributed by atoms with Gasteiger partial charge < -0.3 is 15.4 Å². The van der Waals surface area contributed by atoms with Crippen LogP contribution in [0.4, 0.5) is 19.0 Å². The molecule has 1 unspecified atom stereocenters. The molecule has 3 aromatic rings. The molecule has 1 fully saturated rings. The van der Waals surface area contributed by atoms with Crippen LogP contribution >= 0.6 is 11.6 Å². The van der Waals surface area contributed by atoms with Crippen LogP contribution in [-0.2, 0) is 11.2 Å². The van der Waals surface area contributed by atoms with E-state index in [0.717, 1.165) is 16.0 Å². The van der Waals surface area contributed by atoms with Gasteiger partial charge in [-0.2, -0.15) is 0 Å². The van der Waals surface area contributed by atoms with E-state index in [1.807, 2.05) is 6.07 Å². The van der Waals surface area contributed by atoms with E-state index in [1.165, 1.54) is 18.2 Å². The van der Waals surface area contributed by atoms with Crippen molar-refractivity contribution < 1.29 is 27.5 Å². The SMILES string of the molecule is Nc1ccc(/C=C/C(=O)CCC2Cc3cc(-c4ccc(C(=O)N5CC(F)(F)C5)c(F)c4)cc(Cl)c3O2)cn1. The van der Waals surface area contributed by atoms with Gasteiger partial charge in [0.15, 0.2) is 5.78 Å². The fourth-order valence-corrected chi connectivity index (χ4v) is 4.78. The highest BCUT2D eigenvalue weighted by atomic mass is 35.5. The average molecular weight is 542 g/mol. The van der Waals surface area contributed by atoms with Gasteiger partial charge in [0, 0.05) is 19.0 Å². The van der Waals surface area contributed by atoms with Crippen molar-refractivity contribution in [3.63, 3.8) is 0 Å². The van der Waals surface area contributed by atoms with Gasteiger partial charge in [0.1, 0.15) is 23.5 Å². The van der Waals surface area contributed by atoms with Gasteiger partial charge in [0.25, 0.3) is 11.8 Å². The van der Waals surface area contributed by atoms with Crippen molar-refractivity contribution in [3.05, 3.63) is 82.3 Å². The summed E-state index contributed by atoms with van der Waals surface area (Å²) < 4.78 is 46.9. The van der Waals surface area contributed by atoms with Crippen molar-refractivity contribution in [3.8, 4) is 16.9 Å². The van der Waals surface area contributed by atoms with E-state index in [0.29, 0.717) is 40.6 Å². The van der Waals surface area contributed by atoms with Crippen LogP contribution in [0, 0.1) is 5.82 Å². The Morgan fingerprint density at radius 3 is 2.63 bits per heavy atom. The molecule has 2 aromatic carbocycles. The zero-order chi connectivity index (χ0) is 27.0. The quantitative estimate of drug-likeness (QED) is 0.395. The Kier molecular flexibility index (Phi) is 6.88. The zero-order valence-electron chi connectivity index (χ0n) is 20.1. The van der Waals surface area contributed by atoms with Gasteiger partial charge in [-0.25, -0.2) is 18.2 Å². The number of ketones is 1. The molecule has 0 radical (unpaired) electrons. The number of nitrogen functional groups attached to an aromatic ring is 1. The lowest BCUT2D eigenvalue weighted by Gasteiger charge is -2.38. The maximum Gasteiger partial charge on any atom is 0.282 e. The van der Waals surface area contributed by atoms with Gasteiger partial charge in [-0.1, -0.05) is 17.7 Å². The summed E-state index contributed by atoms with van der Waals surface area (Å²) in [5.41, 5.74) is 8.02. The first-order valence-corrected chi connectivity index (χ1v) is 12.3. The van der Waals surface area contributed by atoms with E-state index < -0.39 is 30.7 Å². The lowest BCUT2D eigenvalue weighted by atomic mass is 9.98. The molecule has 10 heteroatoms. The number of allylic oxidation sites excluding steroid dienone is 1. The van der Waals surface area contributed by atoms with Crippen molar-refractivity contribution in [2.45, 2.75) is 31.3 Å². The lowest BCUT2D eigenvalue weighted by molar-refractivity contribution is -0.115. The number of likely N-dealkylation sites (tertiary alicyclic amines) is 1.